The highest BCUT2D eigenvalue weighted by Crippen LogP contribution is 2.34. The number of nitrogens with two attached hydrogens (primary N) is 1. The van der Waals surface area contributed by atoms with E-state index in [9.17, 15) is 0 Å². The Morgan fingerprint density at radius 2 is 2.04 bits per heavy atom. The fourth-order valence-corrected chi connectivity index (χ4v) is 3.63. The van der Waals surface area contributed by atoms with Crippen LogP contribution in [0.15, 0.2) is 24.3 Å². The Kier molecular flexibility index (Phi) is 3.36. The third kappa shape index (κ3) is 2.22. The molecule has 2 aromatic heterocycles. The molecule has 0 fully saturated rings. The van der Waals surface area contributed by atoms with Crippen molar-refractivity contribution >= 4 is 33.7 Å². The van der Waals surface area contributed by atoms with Gasteiger partial charge in [-0.15, -0.1) is 0 Å². The molecule has 0 aliphatic carbocycles. The normalized spacial score (nSPS) is 17.8. The second-order valence-electron chi connectivity index (χ2n) is 6.64. The summed E-state index contributed by atoms with van der Waals surface area (Å²) in [5.74, 6) is 2.19. The molecule has 1 atom stereocenters. The lowest BCUT2D eigenvalue weighted by Gasteiger charge is -2.33. The highest BCUT2D eigenvalue weighted by molar-refractivity contribution is 6.07. The van der Waals surface area contributed by atoms with E-state index in [1.54, 1.807) is 0 Å². The highest BCUT2D eigenvalue weighted by Gasteiger charge is 2.27. The van der Waals surface area contributed by atoms with Gasteiger partial charge in [-0.25, -0.2) is 9.97 Å². The molecule has 0 spiro atoms. The number of aromatic nitrogens is 3. The number of para-hydroxylation sites is 1. The van der Waals surface area contributed by atoms with Gasteiger partial charge in [0.2, 0.25) is 5.95 Å². The van der Waals surface area contributed by atoms with Crippen LogP contribution in [0, 0.1) is 5.92 Å². The van der Waals surface area contributed by atoms with Gasteiger partial charge in [0.25, 0.3) is 0 Å². The maximum Gasteiger partial charge on any atom is 0.206 e. The molecule has 0 saturated carbocycles. The number of hydrogen-bond acceptors (Lipinski definition) is 4. The number of nitrogen functional groups attached to an aromatic ring is 1. The second kappa shape index (κ2) is 5.41. The van der Waals surface area contributed by atoms with Crippen molar-refractivity contribution in [3.8, 4) is 0 Å². The molecule has 1 aliphatic heterocycles. The number of hydrogen-bond donors (Lipinski definition) is 1. The van der Waals surface area contributed by atoms with Gasteiger partial charge in [-0.1, -0.05) is 38.5 Å². The van der Waals surface area contributed by atoms with Crippen molar-refractivity contribution in [1.82, 2.24) is 14.5 Å². The second-order valence-corrected chi connectivity index (χ2v) is 6.64. The lowest BCUT2D eigenvalue weighted by Crippen LogP contribution is -2.38. The van der Waals surface area contributed by atoms with E-state index in [0.29, 0.717) is 11.7 Å². The number of imidazole rings is 1. The summed E-state index contributed by atoms with van der Waals surface area (Å²) in [7, 11) is 0. The van der Waals surface area contributed by atoms with Crippen molar-refractivity contribution in [1.29, 1.82) is 0 Å². The Morgan fingerprint density at radius 3 is 2.87 bits per heavy atom. The molecular weight excluding hydrogens is 286 g/mol. The van der Waals surface area contributed by atoms with E-state index < -0.39 is 0 Å². The lowest BCUT2D eigenvalue weighted by atomic mass is 10.1. The fourth-order valence-electron chi connectivity index (χ4n) is 3.63. The minimum atomic E-state index is 0.531. The Bertz CT molecular complexity index is 867. The molecule has 1 unspecified atom stereocenters. The molecule has 2 N–H and O–H groups in total. The van der Waals surface area contributed by atoms with Gasteiger partial charge in [0.05, 0.1) is 11.0 Å². The van der Waals surface area contributed by atoms with Crippen LogP contribution in [0.4, 0.5) is 11.8 Å². The molecule has 3 heterocycles. The van der Waals surface area contributed by atoms with Crippen molar-refractivity contribution in [3.05, 3.63) is 24.3 Å². The van der Waals surface area contributed by atoms with Crippen LogP contribution in [0.2, 0.25) is 0 Å². The Labute approximate surface area is 136 Å². The van der Waals surface area contributed by atoms with E-state index in [2.05, 4.69) is 40.4 Å². The van der Waals surface area contributed by atoms with Gasteiger partial charge in [-0.05, 0) is 18.4 Å². The molecule has 0 bridgehead atoms. The Balaban J connectivity index is 1.99. The monoisotopic (exact) mass is 309 g/mol. The van der Waals surface area contributed by atoms with Gasteiger partial charge >= 0.3 is 0 Å². The third-order valence-electron chi connectivity index (χ3n) is 4.68. The van der Waals surface area contributed by atoms with Gasteiger partial charge in [0.15, 0.2) is 5.82 Å². The van der Waals surface area contributed by atoms with Crippen molar-refractivity contribution in [3.63, 3.8) is 0 Å². The molecule has 23 heavy (non-hydrogen) atoms. The Morgan fingerprint density at radius 1 is 1.22 bits per heavy atom. The average molecular weight is 309 g/mol. The topological polar surface area (TPSA) is 60.0 Å². The van der Waals surface area contributed by atoms with E-state index in [1.165, 1.54) is 12.8 Å². The molecule has 0 saturated heterocycles. The van der Waals surface area contributed by atoms with Crippen LogP contribution in [0.5, 0.6) is 0 Å². The molecule has 5 nitrogen and oxygen atoms in total. The predicted molar refractivity (Wildman–Crippen MR) is 95.7 cm³/mol. The molecule has 0 radical (unpaired) electrons. The quantitative estimate of drug-likeness (QED) is 0.805. The maximum absolute atomic E-state index is 6.21. The first-order valence-corrected chi connectivity index (χ1v) is 8.48. The van der Waals surface area contributed by atoms with Gasteiger partial charge in [0.1, 0.15) is 5.52 Å². The van der Waals surface area contributed by atoms with Gasteiger partial charge in [0, 0.05) is 25.0 Å². The van der Waals surface area contributed by atoms with Crippen molar-refractivity contribution in [2.75, 3.05) is 23.7 Å². The highest BCUT2D eigenvalue weighted by atomic mass is 15.3. The molecule has 4 rings (SSSR count). The first-order chi connectivity index (χ1) is 11.2. The molecule has 120 valence electrons. The number of pyridine rings is 1. The number of unbranched alkanes of at least 4 members (excludes halogenated alkanes) is 1. The molecule has 1 aliphatic rings. The summed E-state index contributed by atoms with van der Waals surface area (Å²) >= 11 is 0. The summed E-state index contributed by atoms with van der Waals surface area (Å²) in [5, 5.41) is 1.14. The molecular formula is C18H23N5. The number of rotatable bonds is 3. The molecule has 3 aromatic rings. The number of fused-ring (bicyclic) bond motifs is 5. The van der Waals surface area contributed by atoms with Crippen LogP contribution in [0.1, 0.15) is 26.7 Å². The van der Waals surface area contributed by atoms with E-state index in [0.717, 1.165) is 47.5 Å². The standard InChI is InChI=1S/C18H23N5/c1-3-4-9-22-10-12(2)11-23-16-13-7-5-6-8-14(13)20-17(19)15(16)21-18(22)23/h5-8,12H,3-4,9-11H2,1-2H3,(H2,19,20). The van der Waals surface area contributed by atoms with E-state index in [1.807, 2.05) is 12.1 Å². The van der Waals surface area contributed by atoms with Crippen molar-refractivity contribution < 1.29 is 0 Å². The number of anilines is 2. The summed E-state index contributed by atoms with van der Waals surface area (Å²) in [6.07, 6.45) is 2.38. The van der Waals surface area contributed by atoms with E-state index in [4.69, 9.17) is 10.7 Å². The smallest absolute Gasteiger partial charge is 0.206 e. The van der Waals surface area contributed by atoms with Crippen LogP contribution in [0.25, 0.3) is 21.9 Å². The van der Waals surface area contributed by atoms with Crippen LogP contribution < -0.4 is 10.6 Å². The lowest BCUT2D eigenvalue weighted by molar-refractivity contribution is 0.435. The minimum absolute atomic E-state index is 0.531. The number of benzene rings is 1. The van der Waals surface area contributed by atoms with Crippen LogP contribution in [-0.4, -0.2) is 27.6 Å². The SMILES string of the molecule is CCCCN1CC(C)Cn2c1nc1c(N)nc3ccccc3c12. The molecule has 1 aromatic carbocycles. The maximum atomic E-state index is 6.21. The van der Waals surface area contributed by atoms with Crippen LogP contribution in [0.3, 0.4) is 0 Å². The van der Waals surface area contributed by atoms with Gasteiger partial charge in [-0.3, -0.25) is 0 Å². The van der Waals surface area contributed by atoms with E-state index in [-0.39, 0.29) is 0 Å². The summed E-state index contributed by atoms with van der Waals surface area (Å²) in [4.78, 5) is 11.8. The largest absolute Gasteiger partial charge is 0.382 e. The minimum Gasteiger partial charge on any atom is -0.382 e. The summed E-state index contributed by atoms with van der Waals surface area (Å²) in [6.45, 7) is 7.64. The molecule has 0 amide bonds. The zero-order valence-electron chi connectivity index (χ0n) is 13.8. The Hall–Kier alpha value is -2.30. The van der Waals surface area contributed by atoms with Crippen LogP contribution >= 0.6 is 0 Å². The molecule has 5 heteroatoms. The zero-order valence-corrected chi connectivity index (χ0v) is 13.8. The number of nitrogens with zero attached hydrogens (tertiary/aromatic N) is 4. The summed E-state index contributed by atoms with van der Waals surface area (Å²) in [6, 6.07) is 8.20. The van der Waals surface area contributed by atoms with Crippen molar-refractivity contribution in [2.24, 2.45) is 5.92 Å². The summed E-state index contributed by atoms with van der Waals surface area (Å²) < 4.78 is 2.35. The zero-order chi connectivity index (χ0) is 16.0. The van der Waals surface area contributed by atoms with E-state index >= 15 is 0 Å². The van der Waals surface area contributed by atoms with Gasteiger partial charge in [-0.2, -0.15) is 0 Å². The fraction of sp³-hybridized carbons (Fsp3) is 0.444. The van der Waals surface area contributed by atoms with Gasteiger partial charge < -0.3 is 15.2 Å². The first kappa shape index (κ1) is 14.3. The average Bonchev–Trinajstić information content (AvgIpc) is 2.93. The van der Waals surface area contributed by atoms with Crippen LogP contribution in [-0.2, 0) is 6.54 Å². The first-order valence-electron chi connectivity index (χ1n) is 8.48. The third-order valence-corrected chi connectivity index (χ3v) is 4.68. The summed E-state index contributed by atoms with van der Waals surface area (Å²) in [5.41, 5.74) is 9.13. The predicted octanol–water partition coefficient (Wildman–Crippen LogP) is 3.42. The van der Waals surface area contributed by atoms with Crippen molar-refractivity contribution in [2.45, 2.75) is 33.2 Å².